The first-order valence-corrected chi connectivity index (χ1v) is 5.82. The average molecular weight is 255 g/mol. The second-order valence-electron chi connectivity index (χ2n) is 3.85. The predicted octanol–water partition coefficient (Wildman–Crippen LogP) is 1.75. The summed E-state index contributed by atoms with van der Waals surface area (Å²) in [7, 11) is 1.61. The number of ether oxygens (including phenoxy) is 2. The van der Waals surface area contributed by atoms with E-state index in [-0.39, 0.29) is 11.7 Å². The first-order chi connectivity index (χ1) is 8.63. The monoisotopic (exact) mass is 255 g/mol. The van der Waals surface area contributed by atoms with Crippen LogP contribution in [0.25, 0.3) is 0 Å². The molecule has 4 nitrogen and oxygen atoms in total. The molecular weight excluding hydrogens is 237 g/mol. The Morgan fingerprint density at radius 2 is 2.06 bits per heavy atom. The molecule has 1 aromatic rings. The van der Waals surface area contributed by atoms with Gasteiger partial charge >= 0.3 is 0 Å². The summed E-state index contributed by atoms with van der Waals surface area (Å²) in [5.41, 5.74) is 0. The third-order valence-electron chi connectivity index (χ3n) is 2.32. The molecule has 0 aromatic heterocycles. The van der Waals surface area contributed by atoms with Gasteiger partial charge in [0.1, 0.15) is 11.6 Å². The molecule has 100 valence electrons. The maximum absolute atomic E-state index is 12.7. The zero-order valence-electron chi connectivity index (χ0n) is 10.6. The number of amides is 1. The van der Waals surface area contributed by atoms with Crippen LogP contribution < -0.4 is 10.1 Å². The van der Waals surface area contributed by atoms with Gasteiger partial charge in [-0.15, -0.1) is 0 Å². The first kappa shape index (κ1) is 14.4. The van der Waals surface area contributed by atoms with Crippen LogP contribution in [0.4, 0.5) is 4.39 Å². The lowest BCUT2D eigenvalue weighted by molar-refractivity contribution is -0.127. The van der Waals surface area contributed by atoms with Crippen molar-refractivity contribution in [1.29, 1.82) is 0 Å². The third kappa shape index (κ3) is 5.14. The van der Waals surface area contributed by atoms with Crippen LogP contribution in [-0.2, 0) is 9.53 Å². The highest BCUT2D eigenvalue weighted by atomic mass is 19.1. The van der Waals surface area contributed by atoms with Crippen molar-refractivity contribution in [2.45, 2.75) is 19.4 Å². The van der Waals surface area contributed by atoms with Gasteiger partial charge in [-0.05, 0) is 37.6 Å². The van der Waals surface area contributed by atoms with Crippen molar-refractivity contribution < 1.29 is 18.7 Å². The van der Waals surface area contributed by atoms with Crippen molar-refractivity contribution in [3.63, 3.8) is 0 Å². The first-order valence-electron chi connectivity index (χ1n) is 5.82. The number of hydrogen-bond donors (Lipinski definition) is 1. The van der Waals surface area contributed by atoms with Gasteiger partial charge in [0.2, 0.25) is 0 Å². The number of hydrogen-bond acceptors (Lipinski definition) is 3. The number of benzene rings is 1. The molecular formula is C13H18FNO3. The molecule has 0 heterocycles. The van der Waals surface area contributed by atoms with Gasteiger partial charge in [0, 0.05) is 20.3 Å². The van der Waals surface area contributed by atoms with E-state index in [0.29, 0.717) is 18.9 Å². The van der Waals surface area contributed by atoms with Crippen LogP contribution in [0.2, 0.25) is 0 Å². The number of carbonyl (C=O) groups is 1. The predicted molar refractivity (Wildman–Crippen MR) is 66.0 cm³/mol. The van der Waals surface area contributed by atoms with Crippen LogP contribution in [0.15, 0.2) is 24.3 Å². The van der Waals surface area contributed by atoms with E-state index in [9.17, 15) is 9.18 Å². The number of carbonyl (C=O) groups excluding carboxylic acids is 1. The van der Waals surface area contributed by atoms with Crippen molar-refractivity contribution in [2.24, 2.45) is 0 Å². The molecule has 0 fully saturated rings. The zero-order chi connectivity index (χ0) is 13.4. The van der Waals surface area contributed by atoms with Crippen LogP contribution in [0, 0.1) is 5.82 Å². The topological polar surface area (TPSA) is 47.6 Å². The molecule has 0 bridgehead atoms. The molecule has 18 heavy (non-hydrogen) atoms. The van der Waals surface area contributed by atoms with Gasteiger partial charge in [0.25, 0.3) is 5.91 Å². The summed E-state index contributed by atoms with van der Waals surface area (Å²) in [6, 6.07) is 5.56. The van der Waals surface area contributed by atoms with Gasteiger partial charge < -0.3 is 14.8 Å². The lowest BCUT2D eigenvalue weighted by Gasteiger charge is -2.14. The molecule has 0 aliphatic heterocycles. The zero-order valence-corrected chi connectivity index (χ0v) is 10.6. The smallest absolute Gasteiger partial charge is 0.260 e. The van der Waals surface area contributed by atoms with Crippen molar-refractivity contribution in [2.75, 3.05) is 20.3 Å². The summed E-state index contributed by atoms with van der Waals surface area (Å²) >= 11 is 0. The molecule has 1 rings (SSSR count). The Kier molecular flexibility index (Phi) is 6.14. The molecule has 1 aromatic carbocycles. The van der Waals surface area contributed by atoms with Gasteiger partial charge in [-0.25, -0.2) is 4.39 Å². The molecule has 1 amide bonds. The fraction of sp³-hybridized carbons (Fsp3) is 0.462. The van der Waals surface area contributed by atoms with Crippen molar-refractivity contribution >= 4 is 5.91 Å². The lowest BCUT2D eigenvalue weighted by Crippen LogP contribution is -2.37. The minimum absolute atomic E-state index is 0.199. The fourth-order valence-electron chi connectivity index (χ4n) is 1.34. The molecule has 0 aliphatic rings. The molecule has 0 aliphatic carbocycles. The van der Waals surface area contributed by atoms with E-state index in [2.05, 4.69) is 5.32 Å². The largest absolute Gasteiger partial charge is 0.481 e. The Morgan fingerprint density at radius 1 is 1.39 bits per heavy atom. The highest BCUT2D eigenvalue weighted by Crippen LogP contribution is 2.12. The number of halogens is 1. The Balaban J connectivity index is 2.33. The normalized spacial score (nSPS) is 11.9. The summed E-state index contributed by atoms with van der Waals surface area (Å²) < 4.78 is 22.9. The van der Waals surface area contributed by atoms with E-state index >= 15 is 0 Å². The number of rotatable bonds is 7. The maximum Gasteiger partial charge on any atom is 0.260 e. The molecule has 0 radical (unpaired) electrons. The van der Waals surface area contributed by atoms with Gasteiger partial charge in [-0.1, -0.05) is 0 Å². The minimum atomic E-state index is -0.613. The number of methoxy groups -OCH3 is 1. The Bertz CT molecular complexity index is 367. The van der Waals surface area contributed by atoms with E-state index in [0.717, 1.165) is 6.42 Å². The van der Waals surface area contributed by atoms with Gasteiger partial charge in [0.05, 0.1) is 0 Å². The summed E-state index contributed by atoms with van der Waals surface area (Å²) in [6.07, 6.45) is 0.143. The van der Waals surface area contributed by atoms with Gasteiger partial charge in [-0.2, -0.15) is 0 Å². The SMILES string of the molecule is COCCCNC(=O)[C@H](C)Oc1ccc(F)cc1. The van der Waals surface area contributed by atoms with Crippen LogP contribution in [0.1, 0.15) is 13.3 Å². The van der Waals surface area contributed by atoms with E-state index in [1.807, 2.05) is 0 Å². The average Bonchev–Trinajstić information content (AvgIpc) is 2.37. The highest BCUT2D eigenvalue weighted by molar-refractivity contribution is 5.80. The molecule has 1 atom stereocenters. The van der Waals surface area contributed by atoms with Crippen molar-refractivity contribution in [3.05, 3.63) is 30.1 Å². The molecule has 5 heteroatoms. The van der Waals surface area contributed by atoms with E-state index < -0.39 is 6.10 Å². The Morgan fingerprint density at radius 3 is 2.67 bits per heavy atom. The summed E-state index contributed by atoms with van der Waals surface area (Å²) in [5, 5.41) is 2.73. The van der Waals surface area contributed by atoms with Gasteiger partial charge in [0.15, 0.2) is 6.10 Å². The van der Waals surface area contributed by atoms with Crippen LogP contribution in [-0.4, -0.2) is 32.3 Å². The second kappa shape index (κ2) is 7.66. The van der Waals surface area contributed by atoms with Crippen molar-refractivity contribution in [3.8, 4) is 5.75 Å². The Hall–Kier alpha value is -1.62. The van der Waals surface area contributed by atoms with Crippen LogP contribution in [0.5, 0.6) is 5.75 Å². The molecule has 0 saturated heterocycles. The maximum atomic E-state index is 12.7. The van der Waals surface area contributed by atoms with Gasteiger partial charge in [-0.3, -0.25) is 4.79 Å². The quantitative estimate of drug-likeness (QED) is 0.755. The summed E-state index contributed by atoms with van der Waals surface area (Å²) in [6.45, 7) is 2.80. The lowest BCUT2D eigenvalue weighted by atomic mass is 10.3. The number of nitrogens with one attached hydrogen (secondary N) is 1. The standard InChI is InChI=1S/C13H18FNO3/c1-10(13(16)15-8-3-9-17-2)18-12-6-4-11(14)5-7-12/h4-7,10H,3,8-9H2,1-2H3,(H,15,16)/t10-/m0/s1. The van der Waals surface area contributed by atoms with E-state index in [1.165, 1.54) is 24.3 Å². The Labute approximate surface area is 106 Å². The minimum Gasteiger partial charge on any atom is -0.481 e. The third-order valence-corrected chi connectivity index (χ3v) is 2.32. The van der Waals surface area contributed by atoms with E-state index in [1.54, 1.807) is 14.0 Å². The molecule has 0 spiro atoms. The second-order valence-corrected chi connectivity index (χ2v) is 3.85. The van der Waals surface area contributed by atoms with Crippen LogP contribution in [0.3, 0.4) is 0 Å². The molecule has 0 saturated carbocycles. The summed E-state index contributed by atoms with van der Waals surface area (Å²) in [4.78, 5) is 11.6. The fourth-order valence-corrected chi connectivity index (χ4v) is 1.34. The highest BCUT2D eigenvalue weighted by Gasteiger charge is 2.13. The van der Waals surface area contributed by atoms with Crippen molar-refractivity contribution in [1.82, 2.24) is 5.32 Å². The molecule has 0 unspecified atom stereocenters. The van der Waals surface area contributed by atoms with E-state index in [4.69, 9.17) is 9.47 Å². The summed E-state index contributed by atoms with van der Waals surface area (Å²) in [5.74, 6) is -0.0645. The molecule has 1 N–H and O–H groups in total. The van der Waals surface area contributed by atoms with Crippen LogP contribution >= 0.6 is 0 Å².